The van der Waals surface area contributed by atoms with Gasteiger partial charge in [0.2, 0.25) is 11.8 Å². The Hall–Kier alpha value is -2.24. The molecule has 124 valence electrons. The normalized spacial score (nSPS) is 12.9. The van der Waals surface area contributed by atoms with E-state index in [9.17, 15) is 4.79 Å². The summed E-state index contributed by atoms with van der Waals surface area (Å²) in [7, 11) is 0. The molecule has 0 aromatic carbocycles. The zero-order chi connectivity index (χ0) is 16.9. The van der Waals surface area contributed by atoms with E-state index in [1.807, 2.05) is 45.9 Å². The molecule has 0 saturated carbocycles. The lowest BCUT2D eigenvalue weighted by atomic mass is 9.96. The summed E-state index contributed by atoms with van der Waals surface area (Å²) in [6, 6.07) is 5.57. The Bertz CT molecular complexity index is 632. The van der Waals surface area contributed by atoms with Crippen LogP contribution in [0.2, 0.25) is 0 Å². The fourth-order valence-corrected chi connectivity index (χ4v) is 2.08. The standard InChI is InChI=1S/C17H24N4O2/c1-12(13-8-5-6-11-18-13)19-14(22)9-7-10-15-20-16(21-23-15)17(2,3)4/h5-6,8,11-12H,7,9-10H2,1-4H3,(H,19,22)/t12-/m1/s1. The van der Waals surface area contributed by atoms with Gasteiger partial charge in [0.25, 0.3) is 0 Å². The minimum Gasteiger partial charge on any atom is -0.348 e. The van der Waals surface area contributed by atoms with E-state index in [-0.39, 0.29) is 17.4 Å². The highest BCUT2D eigenvalue weighted by atomic mass is 16.5. The molecule has 0 saturated heterocycles. The van der Waals surface area contributed by atoms with E-state index in [4.69, 9.17) is 4.52 Å². The quantitative estimate of drug-likeness (QED) is 0.886. The van der Waals surface area contributed by atoms with Crippen LogP contribution in [-0.2, 0) is 16.6 Å². The van der Waals surface area contributed by atoms with Gasteiger partial charge in [-0.15, -0.1) is 0 Å². The van der Waals surface area contributed by atoms with Crippen molar-refractivity contribution in [2.45, 2.75) is 58.4 Å². The highest BCUT2D eigenvalue weighted by Crippen LogP contribution is 2.19. The van der Waals surface area contributed by atoms with Crippen LogP contribution >= 0.6 is 0 Å². The van der Waals surface area contributed by atoms with Gasteiger partial charge in [-0.1, -0.05) is 32.0 Å². The van der Waals surface area contributed by atoms with Crippen molar-refractivity contribution in [2.75, 3.05) is 0 Å². The smallest absolute Gasteiger partial charge is 0.226 e. The lowest BCUT2D eigenvalue weighted by Crippen LogP contribution is -2.26. The molecular formula is C17H24N4O2. The Balaban J connectivity index is 1.76. The maximum atomic E-state index is 12.0. The average molecular weight is 316 g/mol. The third-order valence-corrected chi connectivity index (χ3v) is 3.44. The third kappa shape index (κ3) is 5.16. The van der Waals surface area contributed by atoms with E-state index >= 15 is 0 Å². The number of hydrogen-bond acceptors (Lipinski definition) is 5. The molecule has 6 nitrogen and oxygen atoms in total. The summed E-state index contributed by atoms with van der Waals surface area (Å²) < 4.78 is 5.22. The number of carbonyl (C=O) groups is 1. The maximum Gasteiger partial charge on any atom is 0.226 e. The predicted molar refractivity (Wildman–Crippen MR) is 86.7 cm³/mol. The number of nitrogens with zero attached hydrogens (tertiary/aromatic N) is 3. The zero-order valence-electron chi connectivity index (χ0n) is 14.2. The summed E-state index contributed by atoms with van der Waals surface area (Å²) in [6.45, 7) is 8.03. The Morgan fingerprint density at radius 1 is 1.35 bits per heavy atom. The summed E-state index contributed by atoms with van der Waals surface area (Å²) in [5.41, 5.74) is 0.726. The van der Waals surface area contributed by atoms with Crippen molar-refractivity contribution < 1.29 is 9.32 Å². The number of carbonyl (C=O) groups excluding carboxylic acids is 1. The van der Waals surface area contributed by atoms with Gasteiger partial charge in [-0.05, 0) is 25.5 Å². The molecule has 2 heterocycles. The number of rotatable bonds is 6. The first kappa shape index (κ1) is 17.1. The van der Waals surface area contributed by atoms with Crippen LogP contribution in [0.25, 0.3) is 0 Å². The minimum atomic E-state index is -0.128. The molecule has 0 aliphatic carbocycles. The Kier molecular flexibility index (Phi) is 5.47. The minimum absolute atomic E-state index is 0.00119. The van der Waals surface area contributed by atoms with Crippen molar-refractivity contribution in [1.82, 2.24) is 20.4 Å². The molecule has 0 unspecified atom stereocenters. The fraction of sp³-hybridized carbons (Fsp3) is 0.529. The molecule has 2 aromatic heterocycles. The van der Waals surface area contributed by atoms with Crippen LogP contribution in [0, 0.1) is 0 Å². The topological polar surface area (TPSA) is 80.9 Å². The maximum absolute atomic E-state index is 12.0. The van der Waals surface area contributed by atoms with Crippen LogP contribution < -0.4 is 5.32 Å². The summed E-state index contributed by atoms with van der Waals surface area (Å²) in [5.74, 6) is 1.28. The van der Waals surface area contributed by atoms with Gasteiger partial charge in [0.05, 0.1) is 11.7 Å². The van der Waals surface area contributed by atoms with Crippen molar-refractivity contribution in [1.29, 1.82) is 0 Å². The number of nitrogens with one attached hydrogen (secondary N) is 1. The van der Waals surface area contributed by atoms with Crippen LogP contribution in [0.5, 0.6) is 0 Å². The molecule has 0 fully saturated rings. The molecule has 0 aliphatic rings. The highest BCUT2D eigenvalue weighted by Gasteiger charge is 2.20. The predicted octanol–water partition coefficient (Wildman–Crippen LogP) is 2.96. The van der Waals surface area contributed by atoms with Crippen LogP contribution in [0.15, 0.2) is 28.9 Å². The summed E-state index contributed by atoms with van der Waals surface area (Å²) in [6.07, 6.45) is 3.42. The van der Waals surface area contributed by atoms with E-state index in [0.29, 0.717) is 31.0 Å². The van der Waals surface area contributed by atoms with Gasteiger partial charge in [-0.2, -0.15) is 4.98 Å². The molecule has 0 spiro atoms. The van der Waals surface area contributed by atoms with Crippen molar-refractivity contribution >= 4 is 5.91 Å². The average Bonchev–Trinajstić information content (AvgIpc) is 2.97. The molecule has 2 rings (SSSR count). The van der Waals surface area contributed by atoms with Gasteiger partial charge in [-0.25, -0.2) is 0 Å². The van der Waals surface area contributed by atoms with Crippen LogP contribution in [0.1, 0.15) is 64.0 Å². The Morgan fingerprint density at radius 3 is 2.74 bits per heavy atom. The van der Waals surface area contributed by atoms with Gasteiger partial charge in [0.15, 0.2) is 5.82 Å². The highest BCUT2D eigenvalue weighted by molar-refractivity contribution is 5.76. The van der Waals surface area contributed by atoms with Crippen molar-refractivity contribution in [2.24, 2.45) is 0 Å². The second-order valence-electron chi connectivity index (χ2n) is 6.66. The van der Waals surface area contributed by atoms with E-state index in [1.54, 1.807) is 6.20 Å². The number of aromatic nitrogens is 3. The molecule has 0 radical (unpaired) electrons. The first-order valence-corrected chi connectivity index (χ1v) is 7.89. The SMILES string of the molecule is C[C@@H](NC(=O)CCCc1nc(C(C)(C)C)no1)c1ccccn1. The first-order chi connectivity index (χ1) is 10.9. The molecule has 6 heteroatoms. The largest absolute Gasteiger partial charge is 0.348 e. The van der Waals surface area contributed by atoms with Gasteiger partial charge >= 0.3 is 0 Å². The van der Waals surface area contributed by atoms with Crippen molar-refractivity contribution in [3.8, 4) is 0 Å². The second kappa shape index (κ2) is 7.35. The molecule has 2 aromatic rings. The molecule has 0 aliphatic heterocycles. The van der Waals surface area contributed by atoms with E-state index in [1.165, 1.54) is 0 Å². The molecule has 0 bridgehead atoms. The lowest BCUT2D eigenvalue weighted by Gasteiger charge is -2.12. The van der Waals surface area contributed by atoms with E-state index in [2.05, 4.69) is 20.4 Å². The molecule has 1 amide bonds. The van der Waals surface area contributed by atoms with E-state index in [0.717, 1.165) is 5.69 Å². The monoisotopic (exact) mass is 316 g/mol. The van der Waals surface area contributed by atoms with Gasteiger partial charge in [0.1, 0.15) is 0 Å². The number of amides is 1. The van der Waals surface area contributed by atoms with Crippen molar-refractivity contribution in [3.05, 3.63) is 41.8 Å². The zero-order valence-corrected chi connectivity index (χ0v) is 14.2. The summed E-state index contributed by atoms with van der Waals surface area (Å²) in [5, 5.41) is 6.92. The van der Waals surface area contributed by atoms with Gasteiger partial charge in [-0.3, -0.25) is 9.78 Å². The van der Waals surface area contributed by atoms with Crippen LogP contribution in [-0.4, -0.2) is 21.0 Å². The summed E-state index contributed by atoms with van der Waals surface area (Å²) in [4.78, 5) is 20.6. The van der Waals surface area contributed by atoms with E-state index < -0.39 is 0 Å². The fourth-order valence-electron chi connectivity index (χ4n) is 2.08. The van der Waals surface area contributed by atoms with Crippen LogP contribution in [0.4, 0.5) is 0 Å². The number of aryl methyl sites for hydroxylation is 1. The van der Waals surface area contributed by atoms with Gasteiger partial charge < -0.3 is 9.84 Å². The molecule has 1 N–H and O–H groups in total. The Morgan fingerprint density at radius 2 is 2.13 bits per heavy atom. The van der Waals surface area contributed by atoms with Gasteiger partial charge in [0, 0.05) is 24.5 Å². The number of pyridine rings is 1. The van der Waals surface area contributed by atoms with Crippen LogP contribution in [0.3, 0.4) is 0 Å². The third-order valence-electron chi connectivity index (χ3n) is 3.44. The first-order valence-electron chi connectivity index (χ1n) is 7.89. The molecule has 23 heavy (non-hydrogen) atoms. The molecule has 1 atom stereocenters. The second-order valence-corrected chi connectivity index (χ2v) is 6.66. The number of hydrogen-bond donors (Lipinski definition) is 1. The molecular weight excluding hydrogens is 292 g/mol. The lowest BCUT2D eigenvalue weighted by molar-refractivity contribution is -0.121. The van der Waals surface area contributed by atoms with Crippen molar-refractivity contribution in [3.63, 3.8) is 0 Å². The Labute approximate surface area is 136 Å². The summed E-state index contributed by atoms with van der Waals surface area (Å²) >= 11 is 0.